The van der Waals surface area contributed by atoms with Crippen molar-refractivity contribution in [2.45, 2.75) is 51.5 Å². The monoisotopic (exact) mass is 324 g/mol. The van der Waals surface area contributed by atoms with Crippen molar-refractivity contribution in [3.63, 3.8) is 0 Å². The Morgan fingerprint density at radius 1 is 1.25 bits per heavy atom. The van der Waals surface area contributed by atoms with Crippen LogP contribution < -0.4 is 10.9 Å². The van der Waals surface area contributed by atoms with Gasteiger partial charge in [-0.2, -0.15) is 0 Å². The molecule has 2 N–H and O–H groups in total. The number of rotatable bonds is 6. The molecule has 0 aliphatic heterocycles. The summed E-state index contributed by atoms with van der Waals surface area (Å²) in [7, 11) is 0. The number of carbonyl (C=O) groups is 1. The molecule has 1 heterocycles. The number of fused-ring (bicyclic) bond motifs is 1. The number of hydrogen-bond acceptors (Lipinski definition) is 2. The lowest BCUT2D eigenvalue weighted by molar-refractivity contribution is 0.0936. The van der Waals surface area contributed by atoms with Gasteiger partial charge in [0.2, 0.25) is 0 Å². The Balaban J connectivity index is 1.54. The highest BCUT2D eigenvalue weighted by atomic mass is 16.2. The van der Waals surface area contributed by atoms with E-state index in [4.69, 9.17) is 0 Å². The molecule has 0 unspecified atom stereocenters. The average Bonchev–Trinajstić information content (AvgIpc) is 3.02. The van der Waals surface area contributed by atoms with E-state index in [1.807, 2.05) is 25.1 Å². The normalized spacial score (nSPS) is 14.2. The van der Waals surface area contributed by atoms with E-state index in [0.717, 1.165) is 49.8 Å². The summed E-state index contributed by atoms with van der Waals surface area (Å²) < 4.78 is 0. The van der Waals surface area contributed by atoms with E-state index >= 15 is 0 Å². The summed E-state index contributed by atoms with van der Waals surface area (Å²) in [5, 5.41) is 2.96. The third-order valence-electron chi connectivity index (χ3n) is 4.66. The van der Waals surface area contributed by atoms with Gasteiger partial charge in [-0.25, -0.2) is 0 Å². The molecule has 4 heteroatoms. The van der Waals surface area contributed by atoms with E-state index in [1.54, 1.807) is 6.07 Å². The highest BCUT2D eigenvalue weighted by Gasteiger charge is 2.19. The molecule has 126 valence electrons. The van der Waals surface area contributed by atoms with Crippen LogP contribution >= 0.6 is 0 Å². The number of aryl methyl sites for hydroxylation is 3. The van der Waals surface area contributed by atoms with Crippen LogP contribution in [-0.4, -0.2) is 16.9 Å². The maximum atomic E-state index is 12.4. The van der Waals surface area contributed by atoms with Gasteiger partial charge in [0.05, 0.1) is 0 Å². The quantitative estimate of drug-likeness (QED) is 0.858. The van der Waals surface area contributed by atoms with Gasteiger partial charge in [-0.1, -0.05) is 30.3 Å². The Bertz CT molecular complexity index is 765. The van der Waals surface area contributed by atoms with Crippen molar-refractivity contribution in [2.24, 2.45) is 0 Å². The number of aromatic amines is 1. The van der Waals surface area contributed by atoms with Gasteiger partial charge >= 0.3 is 0 Å². The van der Waals surface area contributed by atoms with Gasteiger partial charge < -0.3 is 10.3 Å². The minimum Gasteiger partial charge on any atom is -0.349 e. The molecule has 0 fully saturated rings. The molecule has 3 rings (SSSR count). The first-order valence-electron chi connectivity index (χ1n) is 8.73. The van der Waals surface area contributed by atoms with Crippen LogP contribution in [0.5, 0.6) is 0 Å². The number of amides is 1. The Morgan fingerprint density at radius 2 is 2.04 bits per heavy atom. The number of hydrogen-bond donors (Lipinski definition) is 2. The van der Waals surface area contributed by atoms with Gasteiger partial charge in [0, 0.05) is 11.7 Å². The Labute approximate surface area is 142 Å². The van der Waals surface area contributed by atoms with Crippen LogP contribution in [0.4, 0.5) is 0 Å². The van der Waals surface area contributed by atoms with Crippen molar-refractivity contribution < 1.29 is 4.79 Å². The highest BCUT2D eigenvalue weighted by Crippen LogP contribution is 2.18. The van der Waals surface area contributed by atoms with E-state index in [-0.39, 0.29) is 23.1 Å². The van der Waals surface area contributed by atoms with Crippen molar-refractivity contribution in [1.29, 1.82) is 0 Å². The molecule has 0 bridgehead atoms. The molecular formula is C20H24N2O2. The second kappa shape index (κ2) is 7.47. The minimum atomic E-state index is -0.273. The molecule has 0 saturated heterocycles. The number of H-pyrrole nitrogens is 1. The largest absolute Gasteiger partial charge is 0.349 e. The molecule has 24 heavy (non-hydrogen) atoms. The minimum absolute atomic E-state index is 0.0499. The highest BCUT2D eigenvalue weighted by molar-refractivity contribution is 5.94. The molecule has 1 aromatic heterocycles. The molecule has 1 amide bonds. The van der Waals surface area contributed by atoms with Crippen molar-refractivity contribution in [2.75, 3.05) is 0 Å². The number of benzene rings is 1. The molecule has 1 aliphatic rings. The molecule has 0 saturated carbocycles. The second-order valence-corrected chi connectivity index (χ2v) is 6.62. The Kier molecular flexibility index (Phi) is 5.14. The van der Waals surface area contributed by atoms with Crippen LogP contribution in [0, 0.1) is 0 Å². The molecule has 1 aromatic carbocycles. The van der Waals surface area contributed by atoms with Crippen molar-refractivity contribution in [1.82, 2.24) is 10.3 Å². The summed E-state index contributed by atoms with van der Waals surface area (Å²) >= 11 is 0. The summed E-state index contributed by atoms with van der Waals surface area (Å²) in [6.45, 7) is 1.99. The zero-order valence-electron chi connectivity index (χ0n) is 14.1. The van der Waals surface area contributed by atoms with Gasteiger partial charge in [0.1, 0.15) is 5.56 Å². The SMILES string of the molecule is C[C@@H](CCCc1ccccc1)NC(=O)c1cc2c([nH]c1=O)CCC2. The van der Waals surface area contributed by atoms with Crippen molar-refractivity contribution in [3.05, 3.63) is 69.1 Å². The van der Waals surface area contributed by atoms with Crippen LogP contribution in [0.2, 0.25) is 0 Å². The molecule has 0 radical (unpaired) electrons. The maximum absolute atomic E-state index is 12.4. The van der Waals surface area contributed by atoms with Crippen LogP contribution in [0.1, 0.15) is 53.4 Å². The number of aromatic nitrogens is 1. The topological polar surface area (TPSA) is 62.0 Å². The Morgan fingerprint density at radius 3 is 2.83 bits per heavy atom. The molecule has 4 nitrogen and oxygen atoms in total. The van der Waals surface area contributed by atoms with E-state index in [0.29, 0.717) is 0 Å². The zero-order chi connectivity index (χ0) is 16.9. The van der Waals surface area contributed by atoms with Gasteiger partial charge in [-0.15, -0.1) is 0 Å². The fourth-order valence-corrected chi connectivity index (χ4v) is 3.31. The first-order valence-corrected chi connectivity index (χ1v) is 8.73. The second-order valence-electron chi connectivity index (χ2n) is 6.62. The predicted molar refractivity (Wildman–Crippen MR) is 95.4 cm³/mol. The lowest BCUT2D eigenvalue weighted by Crippen LogP contribution is -2.36. The standard InChI is InChI=1S/C20H24N2O2/c1-14(7-5-10-15-8-3-2-4-9-15)21-19(23)17-13-16-11-6-12-18(16)22-20(17)24/h2-4,8-9,13-14H,5-7,10-12H2,1H3,(H,21,23)(H,22,24)/t14-/m0/s1. The number of nitrogens with one attached hydrogen (secondary N) is 2. The number of pyridine rings is 1. The van der Waals surface area contributed by atoms with E-state index < -0.39 is 0 Å². The molecule has 2 aromatic rings. The third kappa shape index (κ3) is 3.94. The average molecular weight is 324 g/mol. The zero-order valence-corrected chi connectivity index (χ0v) is 14.1. The van der Waals surface area contributed by atoms with Crippen molar-refractivity contribution in [3.8, 4) is 0 Å². The number of carbonyl (C=O) groups excluding carboxylic acids is 1. The van der Waals surface area contributed by atoms with Gasteiger partial charge in [0.25, 0.3) is 11.5 Å². The first kappa shape index (κ1) is 16.5. The van der Waals surface area contributed by atoms with Gasteiger partial charge in [-0.3, -0.25) is 9.59 Å². The first-order chi connectivity index (χ1) is 11.6. The van der Waals surface area contributed by atoms with Crippen LogP contribution in [-0.2, 0) is 19.3 Å². The third-order valence-corrected chi connectivity index (χ3v) is 4.66. The molecule has 1 aliphatic carbocycles. The summed E-state index contributed by atoms with van der Waals surface area (Å²) in [5.74, 6) is -0.266. The van der Waals surface area contributed by atoms with Gasteiger partial charge in [0.15, 0.2) is 0 Å². The summed E-state index contributed by atoms with van der Waals surface area (Å²) in [4.78, 5) is 27.3. The van der Waals surface area contributed by atoms with Crippen LogP contribution in [0.15, 0.2) is 41.2 Å². The fraction of sp³-hybridized carbons (Fsp3) is 0.400. The van der Waals surface area contributed by atoms with Crippen LogP contribution in [0.3, 0.4) is 0 Å². The smallest absolute Gasteiger partial charge is 0.261 e. The fourth-order valence-electron chi connectivity index (χ4n) is 3.31. The lowest BCUT2D eigenvalue weighted by Gasteiger charge is -2.14. The molecule has 0 spiro atoms. The van der Waals surface area contributed by atoms with E-state index in [1.165, 1.54) is 5.56 Å². The molecular weight excluding hydrogens is 300 g/mol. The summed E-state index contributed by atoms with van der Waals surface area (Å²) in [6, 6.07) is 12.2. The predicted octanol–water partition coefficient (Wildman–Crippen LogP) is 3.00. The lowest BCUT2D eigenvalue weighted by atomic mass is 10.1. The van der Waals surface area contributed by atoms with Crippen LogP contribution in [0.25, 0.3) is 0 Å². The summed E-state index contributed by atoms with van der Waals surface area (Å²) in [5.41, 5.74) is 3.38. The van der Waals surface area contributed by atoms with E-state index in [9.17, 15) is 9.59 Å². The van der Waals surface area contributed by atoms with E-state index in [2.05, 4.69) is 22.4 Å². The van der Waals surface area contributed by atoms with Crippen molar-refractivity contribution >= 4 is 5.91 Å². The maximum Gasteiger partial charge on any atom is 0.261 e. The van der Waals surface area contributed by atoms with Gasteiger partial charge in [-0.05, 0) is 62.6 Å². The molecule has 1 atom stereocenters. The summed E-state index contributed by atoms with van der Waals surface area (Å²) in [6.07, 6.45) is 5.80. The Hall–Kier alpha value is -2.36.